The normalized spacial score (nSPS) is 11.4. The number of hydrogen-bond donors (Lipinski definition) is 2. The molecule has 2 amide bonds. The molecule has 206 valence electrons. The van der Waals surface area contributed by atoms with E-state index in [-0.39, 0.29) is 49.3 Å². The van der Waals surface area contributed by atoms with E-state index in [0.29, 0.717) is 20.8 Å². The molecule has 0 unspecified atom stereocenters. The van der Waals surface area contributed by atoms with E-state index in [9.17, 15) is 18.4 Å². The third kappa shape index (κ3) is 5.65. The van der Waals surface area contributed by atoms with Crippen molar-refractivity contribution >= 4 is 85.2 Å². The molecule has 0 bridgehead atoms. The van der Waals surface area contributed by atoms with E-state index >= 15 is 0 Å². The van der Waals surface area contributed by atoms with Crippen LogP contribution < -0.4 is 15.8 Å². The first-order chi connectivity index (χ1) is 19.0. The van der Waals surface area contributed by atoms with Gasteiger partial charge in [-0.1, -0.05) is 34.8 Å². The number of nitrogens with zero attached hydrogens (tertiary/aromatic N) is 1. The monoisotopic (exact) mass is 641 g/mol. The second-order valence-corrected chi connectivity index (χ2v) is 11.9. The molecular weight excluding hydrogens is 627 g/mol. The standard InChI is InChI=1S/C26H16Cl3F2N3O4S2/c1-10-2-5-18(39-10)13-8-16(23(30)31)33-26-19(13)20(22(40-26)24(32)35)34-25(36)17-4-3-12(38-17)9-37-21-14(28)6-11(27)7-15(21)29/h2-8,23H,9H2,1H3,(H2,32,35)(H,34,36). The van der Waals surface area contributed by atoms with Gasteiger partial charge in [0.25, 0.3) is 18.2 Å². The van der Waals surface area contributed by atoms with Crippen LogP contribution in [0.15, 0.2) is 46.9 Å². The summed E-state index contributed by atoms with van der Waals surface area (Å²) in [4.78, 5) is 31.2. The zero-order chi connectivity index (χ0) is 28.7. The van der Waals surface area contributed by atoms with Crippen LogP contribution in [-0.4, -0.2) is 16.8 Å². The van der Waals surface area contributed by atoms with E-state index in [1.807, 2.05) is 13.0 Å². The molecule has 0 aliphatic heterocycles. The van der Waals surface area contributed by atoms with E-state index in [1.165, 1.54) is 41.7 Å². The van der Waals surface area contributed by atoms with Gasteiger partial charge >= 0.3 is 0 Å². The third-order valence-corrected chi connectivity index (χ3v) is 8.49. The number of benzene rings is 1. The maximum absolute atomic E-state index is 13.7. The minimum absolute atomic E-state index is 0.0427. The smallest absolute Gasteiger partial charge is 0.291 e. The number of halogens is 5. The number of alkyl halides is 2. The second kappa shape index (κ2) is 11.3. The summed E-state index contributed by atoms with van der Waals surface area (Å²) in [5.74, 6) is -1.20. The van der Waals surface area contributed by atoms with Crippen LogP contribution in [0.4, 0.5) is 14.5 Å². The van der Waals surface area contributed by atoms with Crippen LogP contribution in [0, 0.1) is 6.92 Å². The minimum Gasteiger partial charge on any atom is -0.483 e. The van der Waals surface area contributed by atoms with Gasteiger partial charge in [-0.15, -0.1) is 22.7 Å². The van der Waals surface area contributed by atoms with E-state index in [4.69, 9.17) is 49.7 Å². The van der Waals surface area contributed by atoms with Crippen LogP contribution in [0.25, 0.3) is 20.7 Å². The van der Waals surface area contributed by atoms with Gasteiger partial charge in [0, 0.05) is 25.7 Å². The lowest BCUT2D eigenvalue weighted by Gasteiger charge is -2.10. The third-order valence-electron chi connectivity index (χ3n) is 5.58. The molecule has 0 fully saturated rings. The fourth-order valence-electron chi connectivity index (χ4n) is 3.86. The van der Waals surface area contributed by atoms with Gasteiger partial charge in [0.1, 0.15) is 27.8 Å². The van der Waals surface area contributed by atoms with Crippen molar-refractivity contribution in [2.45, 2.75) is 20.0 Å². The summed E-state index contributed by atoms with van der Waals surface area (Å²) < 4.78 is 38.6. The van der Waals surface area contributed by atoms with Gasteiger partial charge in [-0.25, -0.2) is 13.8 Å². The molecule has 7 nitrogen and oxygen atoms in total. The van der Waals surface area contributed by atoms with E-state index in [1.54, 1.807) is 6.07 Å². The Morgan fingerprint density at radius 3 is 2.45 bits per heavy atom. The van der Waals surface area contributed by atoms with E-state index in [0.717, 1.165) is 16.2 Å². The number of rotatable bonds is 8. The van der Waals surface area contributed by atoms with Crippen molar-refractivity contribution in [3.63, 3.8) is 0 Å². The molecule has 14 heteroatoms. The molecule has 4 aromatic heterocycles. The van der Waals surface area contributed by atoms with Gasteiger partial charge in [0.05, 0.1) is 15.7 Å². The number of fused-ring (bicyclic) bond motifs is 1. The first-order valence-corrected chi connectivity index (χ1v) is 14.1. The lowest BCUT2D eigenvalue weighted by Crippen LogP contribution is -2.16. The fraction of sp³-hybridized carbons (Fsp3) is 0.115. The zero-order valence-corrected chi connectivity index (χ0v) is 24.1. The summed E-state index contributed by atoms with van der Waals surface area (Å²) in [5, 5.41) is 3.73. The average molecular weight is 643 g/mol. The number of primary amides is 1. The highest BCUT2D eigenvalue weighted by Gasteiger charge is 2.26. The molecular formula is C26H16Cl3F2N3O4S2. The first kappa shape index (κ1) is 28.3. The Bertz CT molecular complexity index is 1760. The Morgan fingerprint density at radius 2 is 1.82 bits per heavy atom. The van der Waals surface area contributed by atoms with Crippen LogP contribution in [0.1, 0.15) is 43.0 Å². The molecule has 0 saturated heterocycles. The molecule has 0 spiro atoms. The molecule has 0 aliphatic rings. The number of nitrogens with two attached hydrogens (primary N) is 1. The largest absolute Gasteiger partial charge is 0.483 e. The van der Waals surface area contributed by atoms with Gasteiger partial charge in [-0.05, 0) is 49.4 Å². The maximum atomic E-state index is 13.7. The summed E-state index contributed by atoms with van der Waals surface area (Å²) in [5.41, 5.74) is 5.58. The zero-order valence-electron chi connectivity index (χ0n) is 20.2. The predicted octanol–water partition coefficient (Wildman–Crippen LogP) is 8.75. The molecule has 0 aliphatic carbocycles. The van der Waals surface area contributed by atoms with Crippen LogP contribution >= 0.6 is 57.5 Å². The van der Waals surface area contributed by atoms with Crippen molar-refractivity contribution in [3.8, 4) is 16.2 Å². The number of carbonyl (C=O) groups is 2. The SMILES string of the molecule is Cc1ccc(-c2cc(C(F)F)nc3sc(C(N)=O)c(NC(=O)c4ccc(COc5c(Cl)cc(Cl)cc5Cl)o4)c23)s1. The molecule has 40 heavy (non-hydrogen) atoms. The topological polar surface area (TPSA) is 107 Å². The highest BCUT2D eigenvalue weighted by atomic mass is 35.5. The highest BCUT2D eigenvalue weighted by Crippen LogP contribution is 2.44. The molecule has 3 N–H and O–H groups in total. The molecule has 0 saturated carbocycles. The number of thiophene rings is 2. The second-order valence-electron chi connectivity index (χ2n) is 8.36. The van der Waals surface area contributed by atoms with Gasteiger partial charge < -0.3 is 20.2 Å². The van der Waals surface area contributed by atoms with Crippen molar-refractivity contribution in [1.82, 2.24) is 4.98 Å². The summed E-state index contributed by atoms with van der Waals surface area (Å²) >= 11 is 20.4. The quantitative estimate of drug-likeness (QED) is 0.176. The number of carbonyl (C=O) groups excluding carboxylic acids is 2. The predicted molar refractivity (Wildman–Crippen MR) is 154 cm³/mol. The van der Waals surface area contributed by atoms with Crippen LogP contribution in [0.2, 0.25) is 15.1 Å². The molecule has 5 aromatic rings. The van der Waals surface area contributed by atoms with E-state index in [2.05, 4.69) is 10.3 Å². The maximum Gasteiger partial charge on any atom is 0.291 e. The molecule has 0 radical (unpaired) electrons. The van der Waals surface area contributed by atoms with Crippen molar-refractivity contribution in [2.24, 2.45) is 5.73 Å². The summed E-state index contributed by atoms with van der Waals surface area (Å²) in [6.45, 7) is 1.77. The van der Waals surface area contributed by atoms with Gasteiger partial charge in [0.2, 0.25) is 0 Å². The summed E-state index contributed by atoms with van der Waals surface area (Å²) in [6, 6.07) is 10.7. The number of amides is 2. The summed E-state index contributed by atoms with van der Waals surface area (Å²) in [7, 11) is 0. The Balaban J connectivity index is 1.48. The lowest BCUT2D eigenvalue weighted by atomic mass is 10.1. The number of hydrogen-bond acceptors (Lipinski definition) is 7. The van der Waals surface area contributed by atoms with Crippen LogP contribution in [-0.2, 0) is 6.61 Å². The Kier molecular flexibility index (Phi) is 8.03. The number of anilines is 1. The fourth-order valence-corrected chi connectivity index (χ4v) is 6.69. The van der Waals surface area contributed by atoms with Crippen LogP contribution in [0.5, 0.6) is 5.75 Å². The Hall–Kier alpha value is -3.22. The van der Waals surface area contributed by atoms with Crippen LogP contribution in [0.3, 0.4) is 0 Å². The molecule has 1 aromatic carbocycles. The average Bonchev–Trinajstić information content (AvgIpc) is 3.61. The molecule has 0 atom stereocenters. The number of aromatic nitrogens is 1. The van der Waals surface area contributed by atoms with Gasteiger partial charge in [-0.3, -0.25) is 9.59 Å². The Morgan fingerprint density at radius 1 is 1.10 bits per heavy atom. The van der Waals surface area contributed by atoms with Crippen molar-refractivity contribution in [3.05, 3.63) is 84.5 Å². The van der Waals surface area contributed by atoms with Gasteiger partial charge in [0.15, 0.2) is 11.5 Å². The van der Waals surface area contributed by atoms with Crippen molar-refractivity contribution < 1.29 is 27.5 Å². The first-order valence-electron chi connectivity index (χ1n) is 11.3. The highest BCUT2D eigenvalue weighted by molar-refractivity contribution is 7.21. The molecule has 4 heterocycles. The number of furan rings is 1. The molecule has 5 rings (SSSR count). The minimum atomic E-state index is -2.84. The number of ether oxygens (including phenoxy) is 1. The van der Waals surface area contributed by atoms with Crippen molar-refractivity contribution in [1.29, 1.82) is 0 Å². The lowest BCUT2D eigenvalue weighted by molar-refractivity contribution is 0.0992. The number of pyridine rings is 1. The van der Waals surface area contributed by atoms with Crippen molar-refractivity contribution in [2.75, 3.05) is 5.32 Å². The summed E-state index contributed by atoms with van der Waals surface area (Å²) in [6.07, 6.45) is -2.84. The van der Waals surface area contributed by atoms with E-state index < -0.39 is 23.9 Å². The number of nitrogens with one attached hydrogen (secondary N) is 1. The number of aryl methyl sites for hydroxylation is 1. The Labute approximate surface area is 248 Å². The van der Waals surface area contributed by atoms with Gasteiger partial charge in [-0.2, -0.15) is 0 Å².